The highest BCUT2D eigenvalue weighted by molar-refractivity contribution is 5.98. The lowest BCUT2D eigenvalue weighted by Crippen LogP contribution is -2.47. The Labute approximate surface area is 117 Å². The van der Waals surface area contributed by atoms with Crippen LogP contribution in [0.3, 0.4) is 0 Å². The Morgan fingerprint density at radius 2 is 2.25 bits per heavy atom. The van der Waals surface area contributed by atoms with Crippen LogP contribution in [0, 0.1) is 12.8 Å². The van der Waals surface area contributed by atoms with Gasteiger partial charge in [-0.05, 0) is 56.5 Å². The molecule has 20 heavy (non-hydrogen) atoms. The monoisotopic (exact) mass is 270 g/mol. The van der Waals surface area contributed by atoms with Gasteiger partial charge in [-0.3, -0.25) is 4.79 Å². The van der Waals surface area contributed by atoms with E-state index >= 15 is 0 Å². The third-order valence-corrected chi connectivity index (χ3v) is 4.55. The number of hydrogen-bond acceptors (Lipinski definition) is 3. The number of amides is 1. The van der Waals surface area contributed by atoms with Crippen molar-refractivity contribution in [1.29, 1.82) is 0 Å². The van der Waals surface area contributed by atoms with Crippen LogP contribution in [0.15, 0.2) is 28.7 Å². The third kappa shape index (κ3) is 1.91. The molecule has 0 radical (unpaired) electrons. The standard InChI is InChI=1S/C16H18N2O2/c1-9-4-12-7-11(2-3-15(12)20-9)16(19)18-14-6-10-5-13(14)17-8-10/h2-4,7,10,13-14,17H,5-6,8H2,1H3,(H,18,19). The molecule has 4 nitrogen and oxygen atoms in total. The van der Waals surface area contributed by atoms with E-state index in [2.05, 4.69) is 10.6 Å². The molecule has 2 bridgehead atoms. The number of rotatable bonds is 2. The molecule has 2 aliphatic rings. The Balaban J connectivity index is 1.54. The van der Waals surface area contributed by atoms with Crippen LogP contribution in [0.25, 0.3) is 11.0 Å². The fraction of sp³-hybridized carbons (Fsp3) is 0.438. The molecule has 2 aromatic rings. The Hall–Kier alpha value is -1.81. The second-order valence-electron chi connectivity index (χ2n) is 6.04. The molecule has 1 aromatic carbocycles. The van der Waals surface area contributed by atoms with E-state index in [0.717, 1.165) is 35.6 Å². The number of hydrogen-bond donors (Lipinski definition) is 2. The van der Waals surface area contributed by atoms with Gasteiger partial charge in [-0.25, -0.2) is 0 Å². The summed E-state index contributed by atoms with van der Waals surface area (Å²) in [4.78, 5) is 12.4. The second-order valence-corrected chi connectivity index (χ2v) is 6.04. The zero-order valence-electron chi connectivity index (χ0n) is 11.5. The quantitative estimate of drug-likeness (QED) is 0.879. The Kier molecular flexibility index (Phi) is 2.60. The summed E-state index contributed by atoms with van der Waals surface area (Å²) in [7, 11) is 0. The molecular formula is C16H18N2O2. The molecule has 104 valence electrons. The molecule has 1 aromatic heterocycles. The SMILES string of the molecule is Cc1cc2cc(C(=O)NC3CC4CNC3C4)ccc2o1. The number of fused-ring (bicyclic) bond motifs is 3. The first-order valence-electron chi connectivity index (χ1n) is 7.23. The molecule has 2 heterocycles. The number of carbonyl (C=O) groups excluding carboxylic acids is 1. The lowest BCUT2D eigenvalue weighted by molar-refractivity contribution is 0.0928. The molecule has 1 saturated heterocycles. The summed E-state index contributed by atoms with van der Waals surface area (Å²) in [6, 6.07) is 8.32. The minimum Gasteiger partial charge on any atom is -0.461 e. The molecule has 1 saturated carbocycles. The maximum Gasteiger partial charge on any atom is 0.251 e. The van der Waals surface area contributed by atoms with Gasteiger partial charge in [0.25, 0.3) is 5.91 Å². The predicted octanol–water partition coefficient (Wildman–Crippen LogP) is 2.22. The summed E-state index contributed by atoms with van der Waals surface area (Å²) < 4.78 is 5.53. The van der Waals surface area contributed by atoms with Crippen LogP contribution in [-0.4, -0.2) is 24.5 Å². The molecule has 1 aliphatic carbocycles. The highest BCUT2D eigenvalue weighted by Gasteiger charge is 2.40. The first-order valence-corrected chi connectivity index (χ1v) is 7.23. The largest absolute Gasteiger partial charge is 0.461 e. The van der Waals surface area contributed by atoms with Crippen molar-refractivity contribution in [2.75, 3.05) is 6.54 Å². The third-order valence-electron chi connectivity index (χ3n) is 4.55. The van der Waals surface area contributed by atoms with Gasteiger partial charge in [0, 0.05) is 23.0 Å². The summed E-state index contributed by atoms with van der Waals surface area (Å²) in [5, 5.41) is 7.62. The van der Waals surface area contributed by atoms with Crippen molar-refractivity contribution < 1.29 is 9.21 Å². The summed E-state index contributed by atoms with van der Waals surface area (Å²) in [6.07, 6.45) is 2.31. The second kappa shape index (κ2) is 4.35. The molecule has 1 amide bonds. The fourth-order valence-corrected chi connectivity index (χ4v) is 3.58. The van der Waals surface area contributed by atoms with Crippen molar-refractivity contribution in [2.45, 2.75) is 31.8 Å². The van der Waals surface area contributed by atoms with Crippen molar-refractivity contribution >= 4 is 16.9 Å². The van der Waals surface area contributed by atoms with Crippen LogP contribution in [0.5, 0.6) is 0 Å². The maximum atomic E-state index is 12.4. The van der Waals surface area contributed by atoms with Gasteiger partial charge < -0.3 is 15.1 Å². The topological polar surface area (TPSA) is 54.3 Å². The lowest BCUT2D eigenvalue weighted by Gasteiger charge is -2.23. The van der Waals surface area contributed by atoms with E-state index in [9.17, 15) is 4.79 Å². The molecule has 0 spiro atoms. The molecule has 2 N–H and O–H groups in total. The summed E-state index contributed by atoms with van der Waals surface area (Å²) >= 11 is 0. The van der Waals surface area contributed by atoms with Crippen LogP contribution in [0.4, 0.5) is 0 Å². The zero-order chi connectivity index (χ0) is 13.7. The number of benzene rings is 1. The maximum absolute atomic E-state index is 12.4. The number of nitrogens with one attached hydrogen (secondary N) is 2. The number of piperidine rings is 1. The lowest BCUT2D eigenvalue weighted by atomic mass is 10.1. The first-order chi connectivity index (χ1) is 9.69. The van der Waals surface area contributed by atoms with Crippen LogP contribution in [-0.2, 0) is 0 Å². The van der Waals surface area contributed by atoms with Crippen molar-refractivity contribution in [3.8, 4) is 0 Å². The normalized spacial score (nSPS) is 28.1. The van der Waals surface area contributed by atoms with Crippen molar-refractivity contribution in [3.63, 3.8) is 0 Å². The fourth-order valence-electron chi connectivity index (χ4n) is 3.58. The van der Waals surface area contributed by atoms with Gasteiger partial charge >= 0.3 is 0 Å². The van der Waals surface area contributed by atoms with E-state index in [1.807, 2.05) is 31.2 Å². The van der Waals surface area contributed by atoms with Gasteiger partial charge in [0.2, 0.25) is 0 Å². The molecule has 4 rings (SSSR count). The van der Waals surface area contributed by atoms with E-state index < -0.39 is 0 Å². The number of aryl methyl sites for hydroxylation is 1. The molecule has 2 fully saturated rings. The van der Waals surface area contributed by atoms with E-state index in [0.29, 0.717) is 11.6 Å². The van der Waals surface area contributed by atoms with E-state index in [-0.39, 0.29) is 11.9 Å². The van der Waals surface area contributed by atoms with Crippen LogP contribution >= 0.6 is 0 Å². The summed E-state index contributed by atoms with van der Waals surface area (Å²) in [5.74, 6) is 1.63. The van der Waals surface area contributed by atoms with Gasteiger partial charge in [-0.2, -0.15) is 0 Å². The molecular weight excluding hydrogens is 252 g/mol. The van der Waals surface area contributed by atoms with Crippen LogP contribution in [0.1, 0.15) is 29.0 Å². The molecule has 4 heteroatoms. The Bertz CT molecular complexity index is 676. The summed E-state index contributed by atoms with van der Waals surface area (Å²) in [5.41, 5.74) is 1.54. The number of carbonyl (C=O) groups is 1. The number of furan rings is 1. The summed E-state index contributed by atoms with van der Waals surface area (Å²) in [6.45, 7) is 3.03. The molecule has 3 unspecified atom stereocenters. The van der Waals surface area contributed by atoms with E-state index in [1.165, 1.54) is 6.42 Å². The van der Waals surface area contributed by atoms with Crippen molar-refractivity contribution in [3.05, 3.63) is 35.6 Å². The van der Waals surface area contributed by atoms with Crippen molar-refractivity contribution in [2.24, 2.45) is 5.92 Å². The minimum atomic E-state index is 0.0186. The van der Waals surface area contributed by atoms with Gasteiger partial charge in [0.15, 0.2) is 0 Å². The van der Waals surface area contributed by atoms with Gasteiger partial charge in [0.1, 0.15) is 11.3 Å². The average molecular weight is 270 g/mol. The Morgan fingerprint density at radius 3 is 3.00 bits per heavy atom. The van der Waals surface area contributed by atoms with E-state index in [4.69, 9.17) is 4.42 Å². The highest BCUT2D eigenvalue weighted by atomic mass is 16.3. The van der Waals surface area contributed by atoms with Crippen LogP contribution in [0.2, 0.25) is 0 Å². The van der Waals surface area contributed by atoms with Crippen molar-refractivity contribution in [1.82, 2.24) is 10.6 Å². The Morgan fingerprint density at radius 1 is 1.35 bits per heavy atom. The zero-order valence-corrected chi connectivity index (χ0v) is 11.5. The van der Waals surface area contributed by atoms with E-state index in [1.54, 1.807) is 0 Å². The predicted molar refractivity (Wildman–Crippen MR) is 76.7 cm³/mol. The molecule has 3 atom stereocenters. The smallest absolute Gasteiger partial charge is 0.251 e. The highest BCUT2D eigenvalue weighted by Crippen LogP contribution is 2.31. The average Bonchev–Trinajstić information content (AvgIpc) is 3.10. The van der Waals surface area contributed by atoms with Gasteiger partial charge in [0.05, 0.1) is 0 Å². The van der Waals surface area contributed by atoms with Gasteiger partial charge in [-0.15, -0.1) is 0 Å². The molecule has 1 aliphatic heterocycles. The van der Waals surface area contributed by atoms with Crippen LogP contribution < -0.4 is 10.6 Å². The van der Waals surface area contributed by atoms with Gasteiger partial charge in [-0.1, -0.05) is 0 Å². The first kappa shape index (κ1) is 12.0. The minimum absolute atomic E-state index is 0.0186.